The highest BCUT2D eigenvalue weighted by molar-refractivity contribution is 7.12. The molecule has 0 N–H and O–H groups in total. The number of rotatable bonds is 2. The van der Waals surface area contributed by atoms with Gasteiger partial charge in [0.25, 0.3) is 5.91 Å². The second kappa shape index (κ2) is 5.19. The van der Waals surface area contributed by atoms with E-state index >= 15 is 0 Å². The van der Waals surface area contributed by atoms with E-state index in [1.807, 2.05) is 5.38 Å². The summed E-state index contributed by atoms with van der Waals surface area (Å²) < 4.78 is 5.15. The molecule has 4 nitrogen and oxygen atoms in total. The predicted molar refractivity (Wildman–Crippen MR) is 65.1 cm³/mol. The van der Waals surface area contributed by atoms with Crippen molar-refractivity contribution in [3.8, 4) is 11.8 Å². The van der Waals surface area contributed by atoms with Crippen LogP contribution >= 0.6 is 11.3 Å². The number of thiophene rings is 1. The Labute approximate surface area is 104 Å². The number of hydrogen-bond acceptors (Lipinski definition) is 4. The van der Waals surface area contributed by atoms with E-state index in [-0.39, 0.29) is 11.8 Å². The Morgan fingerprint density at radius 3 is 3.24 bits per heavy atom. The SMILES string of the molecule is COc1ccsc1C(=O)N1CCCC(C#N)C1. The van der Waals surface area contributed by atoms with Crippen LogP contribution in [-0.4, -0.2) is 31.0 Å². The highest BCUT2D eigenvalue weighted by atomic mass is 32.1. The lowest BCUT2D eigenvalue weighted by atomic mass is 9.99. The number of nitrogens with zero attached hydrogens (tertiary/aromatic N) is 2. The smallest absolute Gasteiger partial charge is 0.267 e. The topological polar surface area (TPSA) is 53.3 Å². The van der Waals surface area contributed by atoms with Crippen LogP contribution in [0.2, 0.25) is 0 Å². The van der Waals surface area contributed by atoms with Crippen LogP contribution in [-0.2, 0) is 0 Å². The van der Waals surface area contributed by atoms with Crippen molar-refractivity contribution in [2.24, 2.45) is 5.92 Å². The number of likely N-dealkylation sites (tertiary alicyclic amines) is 1. The number of amides is 1. The third-order valence-electron chi connectivity index (χ3n) is 2.93. The summed E-state index contributed by atoms with van der Waals surface area (Å²) in [7, 11) is 1.56. The Morgan fingerprint density at radius 1 is 1.71 bits per heavy atom. The second-order valence-corrected chi connectivity index (χ2v) is 4.95. The minimum absolute atomic E-state index is 0.0169. The van der Waals surface area contributed by atoms with Crippen LogP contribution in [0.15, 0.2) is 11.4 Å². The number of methoxy groups -OCH3 is 1. The van der Waals surface area contributed by atoms with E-state index in [9.17, 15) is 4.79 Å². The average Bonchev–Trinajstić information content (AvgIpc) is 2.86. The van der Waals surface area contributed by atoms with Crippen LogP contribution in [0.25, 0.3) is 0 Å². The Balaban J connectivity index is 2.12. The molecule has 0 aliphatic carbocycles. The molecule has 0 aromatic carbocycles. The summed E-state index contributed by atoms with van der Waals surface area (Å²) in [6.07, 6.45) is 1.79. The van der Waals surface area contributed by atoms with Crippen molar-refractivity contribution in [2.45, 2.75) is 12.8 Å². The van der Waals surface area contributed by atoms with Crippen molar-refractivity contribution < 1.29 is 9.53 Å². The van der Waals surface area contributed by atoms with E-state index in [0.717, 1.165) is 19.4 Å². The van der Waals surface area contributed by atoms with Crippen molar-refractivity contribution in [3.05, 3.63) is 16.3 Å². The van der Waals surface area contributed by atoms with Crippen LogP contribution < -0.4 is 4.74 Å². The molecule has 1 saturated heterocycles. The van der Waals surface area contributed by atoms with Gasteiger partial charge in [0.2, 0.25) is 0 Å². The molecule has 1 amide bonds. The highest BCUT2D eigenvalue weighted by Gasteiger charge is 2.26. The largest absolute Gasteiger partial charge is 0.495 e. The first kappa shape index (κ1) is 11.9. The Kier molecular flexibility index (Phi) is 3.64. The minimum atomic E-state index is -0.0290. The summed E-state index contributed by atoms with van der Waals surface area (Å²) in [4.78, 5) is 14.6. The summed E-state index contributed by atoms with van der Waals surface area (Å²) in [5, 5.41) is 10.8. The third kappa shape index (κ3) is 2.42. The standard InChI is InChI=1S/C12H14N2O2S/c1-16-10-4-6-17-11(10)12(15)14-5-2-3-9(7-13)8-14/h4,6,9H,2-3,5,8H2,1H3. The molecule has 1 atom stereocenters. The normalized spacial score (nSPS) is 19.8. The van der Waals surface area contributed by atoms with Gasteiger partial charge in [0.15, 0.2) is 0 Å². The molecule has 1 fully saturated rings. The average molecular weight is 250 g/mol. The second-order valence-electron chi connectivity index (χ2n) is 4.04. The Hall–Kier alpha value is -1.54. The summed E-state index contributed by atoms with van der Waals surface area (Å²) >= 11 is 1.39. The Bertz CT molecular complexity index is 450. The van der Waals surface area contributed by atoms with Gasteiger partial charge in [-0.25, -0.2) is 0 Å². The van der Waals surface area contributed by atoms with E-state index in [1.54, 1.807) is 18.1 Å². The van der Waals surface area contributed by atoms with Gasteiger partial charge in [-0.05, 0) is 24.3 Å². The number of piperidine rings is 1. The number of carbonyl (C=O) groups is 1. The van der Waals surface area contributed by atoms with E-state index in [2.05, 4.69) is 6.07 Å². The molecule has 0 radical (unpaired) electrons. The van der Waals surface area contributed by atoms with E-state index < -0.39 is 0 Å². The summed E-state index contributed by atoms with van der Waals surface area (Å²) in [5.74, 6) is 0.578. The van der Waals surface area contributed by atoms with Crippen molar-refractivity contribution in [2.75, 3.05) is 20.2 Å². The van der Waals surface area contributed by atoms with Crippen molar-refractivity contribution in [1.29, 1.82) is 5.26 Å². The molecule has 2 rings (SSSR count). The molecule has 2 heterocycles. The lowest BCUT2D eigenvalue weighted by molar-refractivity contribution is 0.0700. The Morgan fingerprint density at radius 2 is 2.53 bits per heavy atom. The first-order chi connectivity index (χ1) is 8.26. The molecular weight excluding hydrogens is 236 g/mol. The van der Waals surface area contributed by atoms with Gasteiger partial charge in [-0.15, -0.1) is 11.3 Å². The van der Waals surface area contributed by atoms with Crippen molar-refractivity contribution in [1.82, 2.24) is 4.90 Å². The number of nitriles is 1. The molecule has 1 aliphatic heterocycles. The summed E-state index contributed by atoms with van der Waals surface area (Å²) in [6, 6.07) is 4.04. The van der Waals surface area contributed by atoms with Gasteiger partial charge in [-0.3, -0.25) is 4.79 Å². The van der Waals surface area contributed by atoms with Crippen LogP contribution in [0.3, 0.4) is 0 Å². The number of ether oxygens (including phenoxy) is 1. The first-order valence-electron chi connectivity index (χ1n) is 5.56. The molecule has 0 bridgehead atoms. The zero-order valence-electron chi connectivity index (χ0n) is 9.68. The van der Waals surface area contributed by atoms with E-state index in [4.69, 9.17) is 10.00 Å². The lowest BCUT2D eigenvalue weighted by Gasteiger charge is -2.29. The predicted octanol–water partition coefficient (Wildman–Crippen LogP) is 2.13. The van der Waals surface area contributed by atoms with Gasteiger partial charge in [0.1, 0.15) is 10.6 Å². The molecular formula is C12H14N2O2S. The van der Waals surface area contributed by atoms with Crippen LogP contribution in [0.4, 0.5) is 0 Å². The fourth-order valence-electron chi connectivity index (χ4n) is 2.02. The molecule has 0 spiro atoms. The van der Waals surface area contributed by atoms with E-state index in [0.29, 0.717) is 17.2 Å². The zero-order valence-corrected chi connectivity index (χ0v) is 10.5. The first-order valence-corrected chi connectivity index (χ1v) is 6.44. The van der Waals surface area contributed by atoms with Gasteiger partial charge >= 0.3 is 0 Å². The highest BCUT2D eigenvalue weighted by Crippen LogP contribution is 2.27. The van der Waals surface area contributed by atoms with Gasteiger partial charge in [0.05, 0.1) is 19.1 Å². The fraction of sp³-hybridized carbons (Fsp3) is 0.500. The van der Waals surface area contributed by atoms with Gasteiger partial charge < -0.3 is 9.64 Å². The quantitative estimate of drug-likeness (QED) is 0.808. The van der Waals surface area contributed by atoms with Gasteiger partial charge in [0, 0.05) is 13.1 Å². The molecule has 1 aliphatic rings. The monoisotopic (exact) mass is 250 g/mol. The summed E-state index contributed by atoms with van der Waals surface area (Å²) in [5.41, 5.74) is 0. The molecule has 1 aromatic heterocycles. The number of carbonyl (C=O) groups excluding carboxylic acids is 1. The van der Waals surface area contributed by atoms with Crippen molar-refractivity contribution >= 4 is 17.2 Å². The van der Waals surface area contributed by atoms with Crippen LogP contribution in [0.5, 0.6) is 5.75 Å². The molecule has 5 heteroatoms. The zero-order chi connectivity index (χ0) is 12.3. The number of hydrogen-bond donors (Lipinski definition) is 0. The van der Waals surface area contributed by atoms with Crippen LogP contribution in [0, 0.1) is 17.2 Å². The van der Waals surface area contributed by atoms with Crippen molar-refractivity contribution in [3.63, 3.8) is 0 Å². The third-order valence-corrected chi connectivity index (χ3v) is 3.82. The molecule has 1 aromatic rings. The molecule has 90 valence electrons. The maximum Gasteiger partial charge on any atom is 0.267 e. The molecule has 17 heavy (non-hydrogen) atoms. The molecule has 0 saturated carbocycles. The lowest BCUT2D eigenvalue weighted by Crippen LogP contribution is -2.39. The maximum atomic E-state index is 12.2. The molecule has 1 unspecified atom stereocenters. The fourth-order valence-corrected chi connectivity index (χ4v) is 2.85. The summed E-state index contributed by atoms with van der Waals surface area (Å²) in [6.45, 7) is 1.27. The van der Waals surface area contributed by atoms with Gasteiger partial charge in [-0.1, -0.05) is 0 Å². The maximum absolute atomic E-state index is 12.2. The minimum Gasteiger partial charge on any atom is -0.495 e. The van der Waals surface area contributed by atoms with E-state index in [1.165, 1.54) is 11.3 Å². The van der Waals surface area contributed by atoms with Gasteiger partial charge in [-0.2, -0.15) is 5.26 Å². The van der Waals surface area contributed by atoms with Crippen LogP contribution in [0.1, 0.15) is 22.5 Å².